The zero-order valence-electron chi connectivity index (χ0n) is 14.4. The molecule has 1 amide bonds. The van der Waals surface area contributed by atoms with E-state index in [1.165, 1.54) is 5.56 Å². The van der Waals surface area contributed by atoms with Crippen LogP contribution in [0.3, 0.4) is 0 Å². The van der Waals surface area contributed by atoms with Crippen molar-refractivity contribution in [2.24, 2.45) is 0 Å². The van der Waals surface area contributed by atoms with Gasteiger partial charge in [-0.2, -0.15) is 0 Å². The number of carbonyl (C=O) groups excluding carboxylic acids is 2. The third-order valence-corrected chi connectivity index (χ3v) is 4.92. The van der Waals surface area contributed by atoms with E-state index in [1.807, 2.05) is 48.5 Å². The fourth-order valence-corrected chi connectivity index (χ4v) is 3.68. The first-order valence-electron chi connectivity index (χ1n) is 8.78. The van der Waals surface area contributed by atoms with Crippen molar-refractivity contribution in [3.63, 3.8) is 0 Å². The minimum absolute atomic E-state index is 0.226. The zero-order chi connectivity index (χ0) is 17.9. The summed E-state index contributed by atoms with van der Waals surface area (Å²) in [5, 5.41) is 1.16. The minimum atomic E-state index is -0.384. The number of H-pyrrole nitrogens is 1. The van der Waals surface area contributed by atoms with Gasteiger partial charge in [-0.3, -0.25) is 4.90 Å². The lowest BCUT2D eigenvalue weighted by Gasteiger charge is -2.34. The van der Waals surface area contributed by atoms with Gasteiger partial charge in [-0.05, 0) is 23.6 Å². The molecule has 0 aliphatic carbocycles. The Morgan fingerprint density at radius 1 is 1.15 bits per heavy atom. The Hall–Kier alpha value is -3.08. The number of nitrogens with zero attached hydrogens (tertiary/aromatic N) is 1. The zero-order valence-corrected chi connectivity index (χ0v) is 14.4. The van der Waals surface area contributed by atoms with Crippen LogP contribution in [0.4, 0.5) is 4.79 Å². The third-order valence-electron chi connectivity index (χ3n) is 4.92. The van der Waals surface area contributed by atoms with Gasteiger partial charge in [-0.1, -0.05) is 48.5 Å². The summed E-state index contributed by atoms with van der Waals surface area (Å²) >= 11 is 0. The van der Waals surface area contributed by atoms with Crippen LogP contribution in [0.2, 0.25) is 0 Å². The predicted octanol–water partition coefficient (Wildman–Crippen LogP) is 3.99. The Morgan fingerprint density at radius 2 is 1.92 bits per heavy atom. The average Bonchev–Trinajstić information content (AvgIpc) is 3.06. The lowest BCUT2D eigenvalue weighted by atomic mass is 9.96. The number of aromatic amines is 1. The molecule has 3 aromatic rings. The van der Waals surface area contributed by atoms with Gasteiger partial charge < -0.3 is 14.5 Å². The summed E-state index contributed by atoms with van der Waals surface area (Å²) in [5.41, 5.74) is 4.12. The van der Waals surface area contributed by atoms with Gasteiger partial charge >= 0.3 is 6.09 Å². The van der Waals surface area contributed by atoms with E-state index in [9.17, 15) is 9.59 Å². The average molecular weight is 348 g/mol. The second-order valence-electron chi connectivity index (χ2n) is 6.46. The quantitative estimate of drug-likeness (QED) is 0.725. The van der Waals surface area contributed by atoms with Crippen LogP contribution in [-0.4, -0.2) is 28.8 Å². The molecule has 1 N–H and O–H groups in total. The third kappa shape index (κ3) is 2.96. The van der Waals surface area contributed by atoms with Crippen molar-refractivity contribution in [1.29, 1.82) is 0 Å². The summed E-state index contributed by atoms with van der Waals surface area (Å²) in [5.74, 6) is 0. The van der Waals surface area contributed by atoms with Crippen molar-refractivity contribution in [3.05, 3.63) is 71.4 Å². The number of ether oxygens (including phenoxy) is 1. The Labute approximate surface area is 151 Å². The van der Waals surface area contributed by atoms with Crippen molar-refractivity contribution in [3.8, 4) is 0 Å². The molecular weight excluding hydrogens is 328 g/mol. The molecule has 1 aliphatic heterocycles. The molecule has 0 unspecified atom stereocenters. The number of aldehydes is 1. The van der Waals surface area contributed by atoms with Crippen LogP contribution >= 0.6 is 0 Å². The molecule has 1 aliphatic rings. The van der Waals surface area contributed by atoms with E-state index in [0.717, 1.165) is 34.9 Å². The van der Waals surface area contributed by atoms with Crippen LogP contribution in [0.25, 0.3) is 10.9 Å². The van der Waals surface area contributed by atoms with E-state index in [-0.39, 0.29) is 25.2 Å². The number of aromatic nitrogens is 1. The lowest BCUT2D eigenvalue weighted by molar-refractivity contribution is -0.108. The molecule has 0 saturated carbocycles. The molecule has 1 aromatic heterocycles. The smallest absolute Gasteiger partial charge is 0.410 e. The highest BCUT2D eigenvalue weighted by Crippen LogP contribution is 2.36. The van der Waals surface area contributed by atoms with Crippen molar-refractivity contribution < 1.29 is 14.3 Å². The minimum Gasteiger partial charge on any atom is -0.445 e. The maximum absolute atomic E-state index is 12.7. The van der Waals surface area contributed by atoms with Crippen LogP contribution in [0.15, 0.2) is 54.6 Å². The van der Waals surface area contributed by atoms with Crippen LogP contribution in [0.1, 0.15) is 29.3 Å². The molecule has 2 heterocycles. The summed E-state index contributed by atoms with van der Waals surface area (Å²) in [7, 11) is 0. The van der Waals surface area contributed by atoms with E-state index >= 15 is 0 Å². The van der Waals surface area contributed by atoms with E-state index < -0.39 is 0 Å². The Morgan fingerprint density at radius 3 is 2.73 bits per heavy atom. The normalized spacial score (nSPS) is 16.3. The topological polar surface area (TPSA) is 62.4 Å². The summed E-state index contributed by atoms with van der Waals surface area (Å²) in [6, 6.07) is 17.3. The van der Waals surface area contributed by atoms with Crippen LogP contribution in [0.5, 0.6) is 0 Å². The maximum Gasteiger partial charge on any atom is 0.410 e. The Kier molecular flexibility index (Phi) is 4.44. The summed E-state index contributed by atoms with van der Waals surface area (Å²) in [4.78, 5) is 29.0. The number of rotatable bonds is 4. The molecule has 132 valence electrons. The van der Waals surface area contributed by atoms with Gasteiger partial charge in [0, 0.05) is 29.6 Å². The highest BCUT2D eigenvalue weighted by atomic mass is 16.6. The molecule has 4 rings (SSSR count). The summed E-state index contributed by atoms with van der Waals surface area (Å²) in [6.45, 7) is 0.768. The second kappa shape index (κ2) is 7.04. The number of benzene rings is 2. The number of hydrogen-bond donors (Lipinski definition) is 1. The monoisotopic (exact) mass is 348 g/mol. The molecule has 0 saturated heterocycles. The number of nitrogens with one attached hydrogen (secondary N) is 1. The largest absolute Gasteiger partial charge is 0.445 e. The molecule has 0 spiro atoms. The van der Waals surface area contributed by atoms with Crippen LogP contribution in [-0.2, 0) is 22.6 Å². The molecule has 5 heteroatoms. The number of amides is 1. The first-order chi connectivity index (χ1) is 12.8. The first kappa shape index (κ1) is 16.4. The lowest BCUT2D eigenvalue weighted by Crippen LogP contribution is -2.40. The molecule has 2 aromatic carbocycles. The van der Waals surface area contributed by atoms with Gasteiger partial charge in [0.15, 0.2) is 0 Å². The van der Waals surface area contributed by atoms with Crippen LogP contribution in [0, 0.1) is 0 Å². The number of carbonyl (C=O) groups is 2. The molecule has 5 nitrogen and oxygen atoms in total. The Balaban J connectivity index is 1.58. The van der Waals surface area contributed by atoms with Crippen molar-refractivity contribution in [2.45, 2.75) is 25.5 Å². The molecule has 26 heavy (non-hydrogen) atoms. The maximum atomic E-state index is 12.7. The fourth-order valence-electron chi connectivity index (χ4n) is 3.68. The summed E-state index contributed by atoms with van der Waals surface area (Å²) < 4.78 is 5.49. The van der Waals surface area contributed by atoms with Gasteiger partial charge in [0.25, 0.3) is 0 Å². The standard InChI is InChI=1S/C21H20N2O3/c24-13-11-19-20-17(16-8-4-5-9-18(16)22-20)10-12-23(19)21(25)26-14-15-6-2-1-3-7-15/h1-9,13,19,22H,10-12,14H2/t19-/m0/s1. The van der Waals surface area contributed by atoms with Crippen molar-refractivity contribution in [2.75, 3.05) is 6.54 Å². The molecule has 0 radical (unpaired) electrons. The second-order valence-corrected chi connectivity index (χ2v) is 6.46. The first-order valence-corrected chi connectivity index (χ1v) is 8.78. The number of para-hydroxylation sites is 1. The molecule has 1 atom stereocenters. The van der Waals surface area contributed by atoms with Gasteiger partial charge in [-0.25, -0.2) is 4.79 Å². The van der Waals surface area contributed by atoms with E-state index in [0.29, 0.717) is 6.54 Å². The highest BCUT2D eigenvalue weighted by Gasteiger charge is 2.33. The number of hydrogen-bond acceptors (Lipinski definition) is 3. The number of fused-ring (bicyclic) bond motifs is 3. The molecule has 0 bridgehead atoms. The SMILES string of the molecule is O=CC[C@H]1c2[nH]c3ccccc3c2CCN1C(=O)OCc1ccccc1. The van der Waals surface area contributed by atoms with Gasteiger partial charge in [0.05, 0.1) is 6.04 Å². The van der Waals surface area contributed by atoms with Crippen LogP contribution < -0.4 is 0 Å². The van der Waals surface area contributed by atoms with E-state index in [1.54, 1.807) is 4.90 Å². The van der Waals surface area contributed by atoms with Gasteiger partial charge in [-0.15, -0.1) is 0 Å². The van der Waals surface area contributed by atoms with Crippen molar-refractivity contribution >= 4 is 23.3 Å². The predicted molar refractivity (Wildman–Crippen MR) is 98.8 cm³/mol. The fraction of sp³-hybridized carbons (Fsp3) is 0.238. The van der Waals surface area contributed by atoms with Gasteiger partial charge in [0.2, 0.25) is 0 Å². The summed E-state index contributed by atoms with van der Waals surface area (Å²) in [6.07, 6.45) is 1.48. The highest BCUT2D eigenvalue weighted by molar-refractivity contribution is 5.86. The molecular formula is C21H20N2O3. The van der Waals surface area contributed by atoms with E-state index in [4.69, 9.17) is 4.74 Å². The Bertz CT molecular complexity index is 933. The van der Waals surface area contributed by atoms with Gasteiger partial charge in [0.1, 0.15) is 12.9 Å². The van der Waals surface area contributed by atoms with Crippen molar-refractivity contribution in [1.82, 2.24) is 9.88 Å². The van der Waals surface area contributed by atoms with E-state index in [2.05, 4.69) is 11.1 Å². The molecule has 0 fully saturated rings.